The number of hydrogen-bond donors (Lipinski definition) is 1. The molecule has 2 heterocycles. The lowest BCUT2D eigenvalue weighted by molar-refractivity contribution is -0.133. The highest BCUT2D eigenvalue weighted by Gasteiger charge is 2.28. The molecular formula is C21H23N3O3. The van der Waals surface area contributed by atoms with Crippen LogP contribution in [0, 0.1) is 0 Å². The second-order valence-corrected chi connectivity index (χ2v) is 7.00. The van der Waals surface area contributed by atoms with Crippen LogP contribution in [0.2, 0.25) is 0 Å². The predicted molar refractivity (Wildman–Crippen MR) is 102 cm³/mol. The first kappa shape index (κ1) is 17.5. The standard InChI is InChI=1S/C21H23N3O3/c22-20(25)19-14-24(11-12-27-19)21(26)16-5-7-18(8-6-16)23-10-9-15-3-1-2-4-17(15)13-23/h1-8,19H,9-14H2,(H2,22,25)/t19-/m0/s1. The van der Waals surface area contributed by atoms with Crippen molar-refractivity contribution < 1.29 is 14.3 Å². The Labute approximate surface area is 158 Å². The van der Waals surface area contributed by atoms with Gasteiger partial charge in [0.1, 0.15) is 0 Å². The van der Waals surface area contributed by atoms with Gasteiger partial charge in [0.25, 0.3) is 5.91 Å². The number of morpholine rings is 1. The zero-order chi connectivity index (χ0) is 18.8. The SMILES string of the molecule is NC(=O)[C@@H]1CN(C(=O)c2ccc(N3CCc4ccccc4C3)cc2)CCO1. The maximum Gasteiger partial charge on any atom is 0.254 e. The van der Waals surface area contributed by atoms with E-state index < -0.39 is 12.0 Å². The van der Waals surface area contributed by atoms with Crippen molar-refractivity contribution in [1.82, 2.24) is 4.90 Å². The van der Waals surface area contributed by atoms with Gasteiger partial charge < -0.3 is 20.3 Å². The van der Waals surface area contributed by atoms with Crippen molar-refractivity contribution in [3.05, 3.63) is 65.2 Å². The molecule has 6 heteroatoms. The van der Waals surface area contributed by atoms with E-state index in [1.54, 1.807) is 4.90 Å². The molecule has 0 unspecified atom stereocenters. The Morgan fingerprint density at radius 1 is 1.00 bits per heavy atom. The van der Waals surface area contributed by atoms with Gasteiger partial charge in [-0.3, -0.25) is 9.59 Å². The van der Waals surface area contributed by atoms with Gasteiger partial charge in [0.2, 0.25) is 5.91 Å². The van der Waals surface area contributed by atoms with Gasteiger partial charge in [0, 0.05) is 30.9 Å². The minimum atomic E-state index is -0.726. The van der Waals surface area contributed by atoms with Crippen LogP contribution in [-0.2, 0) is 22.5 Å². The number of nitrogens with two attached hydrogens (primary N) is 1. The first-order valence-electron chi connectivity index (χ1n) is 9.24. The van der Waals surface area contributed by atoms with Crippen molar-refractivity contribution in [3.8, 4) is 0 Å². The fourth-order valence-corrected chi connectivity index (χ4v) is 3.72. The molecule has 2 amide bonds. The van der Waals surface area contributed by atoms with Gasteiger partial charge in [0.05, 0.1) is 13.2 Å². The van der Waals surface area contributed by atoms with Crippen molar-refractivity contribution in [2.24, 2.45) is 5.73 Å². The van der Waals surface area contributed by atoms with Gasteiger partial charge in [0.15, 0.2) is 6.10 Å². The van der Waals surface area contributed by atoms with E-state index in [1.807, 2.05) is 24.3 Å². The molecule has 140 valence electrons. The molecule has 2 aliphatic rings. The summed E-state index contributed by atoms with van der Waals surface area (Å²) in [6, 6.07) is 16.2. The molecule has 0 aliphatic carbocycles. The lowest BCUT2D eigenvalue weighted by Gasteiger charge is -2.32. The smallest absolute Gasteiger partial charge is 0.254 e. The quantitative estimate of drug-likeness (QED) is 0.896. The van der Waals surface area contributed by atoms with Crippen LogP contribution in [0.3, 0.4) is 0 Å². The van der Waals surface area contributed by atoms with Crippen LogP contribution in [0.25, 0.3) is 0 Å². The average molecular weight is 365 g/mol. The van der Waals surface area contributed by atoms with Crippen LogP contribution in [0.1, 0.15) is 21.5 Å². The van der Waals surface area contributed by atoms with Gasteiger partial charge in [-0.05, 0) is 41.8 Å². The number of carbonyl (C=O) groups is 2. The summed E-state index contributed by atoms with van der Waals surface area (Å²) < 4.78 is 5.31. The summed E-state index contributed by atoms with van der Waals surface area (Å²) in [6.07, 6.45) is 0.300. The molecule has 0 saturated carbocycles. The fourth-order valence-electron chi connectivity index (χ4n) is 3.72. The third-order valence-electron chi connectivity index (χ3n) is 5.28. The largest absolute Gasteiger partial charge is 0.367 e. The first-order chi connectivity index (χ1) is 13.1. The zero-order valence-corrected chi connectivity index (χ0v) is 15.1. The summed E-state index contributed by atoms with van der Waals surface area (Å²) in [5, 5.41) is 0. The predicted octanol–water partition coefficient (Wildman–Crippen LogP) is 1.58. The van der Waals surface area contributed by atoms with E-state index in [2.05, 4.69) is 29.2 Å². The molecule has 6 nitrogen and oxygen atoms in total. The van der Waals surface area contributed by atoms with Crippen LogP contribution < -0.4 is 10.6 Å². The second-order valence-electron chi connectivity index (χ2n) is 7.00. The fraction of sp³-hybridized carbons (Fsp3) is 0.333. The molecule has 2 N–H and O–H groups in total. The molecule has 0 radical (unpaired) electrons. The lowest BCUT2D eigenvalue weighted by atomic mass is 9.99. The monoisotopic (exact) mass is 365 g/mol. The highest BCUT2D eigenvalue weighted by Crippen LogP contribution is 2.25. The number of benzene rings is 2. The van der Waals surface area contributed by atoms with Gasteiger partial charge >= 0.3 is 0 Å². The minimum absolute atomic E-state index is 0.0971. The molecule has 2 aliphatic heterocycles. The number of anilines is 1. The highest BCUT2D eigenvalue weighted by atomic mass is 16.5. The molecule has 0 bridgehead atoms. The Bertz CT molecular complexity index is 850. The average Bonchev–Trinajstić information content (AvgIpc) is 2.73. The van der Waals surface area contributed by atoms with Crippen molar-refractivity contribution in [2.45, 2.75) is 19.1 Å². The number of nitrogens with zero attached hydrogens (tertiary/aromatic N) is 2. The number of primary amides is 1. The van der Waals surface area contributed by atoms with Gasteiger partial charge in [-0.25, -0.2) is 0 Å². The van der Waals surface area contributed by atoms with E-state index in [-0.39, 0.29) is 12.5 Å². The zero-order valence-electron chi connectivity index (χ0n) is 15.1. The lowest BCUT2D eigenvalue weighted by Crippen LogP contribution is -2.50. The minimum Gasteiger partial charge on any atom is -0.367 e. The van der Waals surface area contributed by atoms with Crippen molar-refractivity contribution in [1.29, 1.82) is 0 Å². The maximum atomic E-state index is 12.7. The van der Waals surface area contributed by atoms with Gasteiger partial charge in [-0.1, -0.05) is 24.3 Å². The Hall–Kier alpha value is -2.86. The summed E-state index contributed by atoms with van der Waals surface area (Å²) in [4.78, 5) is 28.0. The Morgan fingerprint density at radius 3 is 2.48 bits per heavy atom. The molecule has 1 atom stereocenters. The molecule has 1 saturated heterocycles. The van der Waals surface area contributed by atoms with Gasteiger partial charge in [-0.2, -0.15) is 0 Å². The second kappa shape index (κ2) is 7.40. The molecule has 0 aromatic heterocycles. The summed E-state index contributed by atoms with van der Waals surface area (Å²) >= 11 is 0. The Kier molecular flexibility index (Phi) is 4.81. The topological polar surface area (TPSA) is 75.9 Å². The number of amides is 2. The number of fused-ring (bicyclic) bond motifs is 1. The van der Waals surface area contributed by atoms with Crippen LogP contribution in [-0.4, -0.2) is 49.1 Å². The summed E-state index contributed by atoms with van der Waals surface area (Å²) in [7, 11) is 0. The van der Waals surface area contributed by atoms with E-state index in [0.29, 0.717) is 18.7 Å². The van der Waals surface area contributed by atoms with Crippen LogP contribution in [0.15, 0.2) is 48.5 Å². The molecule has 27 heavy (non-hydrogen) atoms. The third-order valence-corrected chi connectivity index (χ3v) is 5.28. The molecule has 0 spiro atoms. The van der Waals surface area contributed by atoms with Gasteiger partial charge in [-0.15, -0.1) is 0 Å². The van der Waals surface area contributed by atoms with Crippen LogP contribution >= 0.6 is 0 Å². The van der Waals surface area contributed by atoms with E-state index in [9.17, 15) is 9.59 Å². The maximum absolute atomic E-state index is 12.7. The molecule has 2 aromatic rings. The van der Waals surface area contributed by atoms with E-state index in [0.717, 1.165) is 25.2 Å². The third kappa shape index (κ3) is 3.66. The Morgan fingerprint density at radius 2 is 1.74 bits per heavy atom. The van der Waals surface area contributed by atoms with Crippen LogP contribution in [0.5, 0.6) is 0 Å². The summed E-state index contributed by atoms with van der Waals surface area (Å²) in [5.41, 5.74) is 9.79. The number of ether oxygens (including phenoxy) is 1. The number of hydrogen-bond acceptors (Lipinski definition) is 4. The number of carbonyl (C=O) groups excluding carboxylic acids is 2. The molecule has 4 rings (SSSR count). The van der Waals surface area contributed by atoms with E-state index in [1.165, 1.54) is 11.1 Å². The molecule has 1 fully saturated rings. The van der Waals surface area contributed by atoms with Crippen molar-refractivity contribution in [3.63, 3.8) is 0 Å². The molecular weight excluding hydrogens is 342 g/mol. The summed E-state index contributed by atoms with van der Waals surface area (Å²) in [6.45, 7) is 2.85. The van der Waals surface area contributed by atoms with E-state index >= 15 is 0 Å². The molecule has 2 aromatic carbocycles. The summed E-state index contributed by atoms with van der Waals surface area (Å²) in [5.74, 6) is -0.631. The van der Waals surface area contributed by atoms with Crippen molar-refractivity contribution in [2.75, 3.05) is 31.1 Å². The Balaban J connectivity index is 1.45. The normalized spacial score (nSPS) is 19.5. The number of rotatable bonds is 3. The highest BCUT2D eigenvalue weighted by molar-refractivity contribution is 5.95. The first-order valence-corrected chi connectivity index (χ1v) is 9.24. The van der Waals surface area contributed by atoms with Crippen LogP contribution in [0.4, 0.5) is 5.69 Å². The van der Waals surface area contributed by atoms with E-state index in [4.69, 9.17) is 10.5 Å². The van der Waals surface area contributed by atoms with Crippen molar-refractivity contribution >= 4 is 17.5 Å².